The second-order valence-corrected chi connectivity index (χ2v) is 4.78. The minimum atomic E-state index is -0.938. The number of nitrogens with zero attached hydrogens (tertiary/aromatic N) is 1. The average Bonchev–Trinajstić information content (AvgIpc) is 2.47. The fourth-order valence-electron chi connectivity index (χ4n) is 2.51. The summed E-state index contributed by atoms with van der Waals surface area (Å²) in [6.45, 7) is 2.80. The molecule has 2 rings (SSSR count). The Labute approximate surface area is 118 Å². The molecule has 0 aromatic heterocycles. The molecule has 0 saturated carbocycles. The molecular formula is C15H19NO4. The Balaban J connectivity index is 2.27. The van der Waals surface area contributed by atoms with Crippen LogP contribution in [0.1, 0.15) is 36.5 Å². The van der Waals surface area contributed by atoms with Crippen LogP contribution in [-0.4, -0.2) is 41.1 Å². The quantitative estimate of drug-likeness (QED) is 0.916. The van der Waals surface area contributed by atoms with E-state index >= 15 is 0 Å². The summed E-state index contributed by atoms with van der Waals surface area (Å²) in [6.07, 6.45) is 2.19. The standard InChI is InChI=1S/C15H19NO4/c1-2-20-13-9-4-3-7-11(13)14(17)16-10-6-5-8-12(16)15(18)19/h3-4,7,9,12H,2,5-6,8,10H2,1H3,(H,18,19)/t12-/m0/s1. The van der Waals surface area contributed by atoms with E-state index in [1.165, 1.54) is 4.90 Å². The number of rotatable bonds is 4. The fraction of sp³-hybridized carbons (Fsp3) is 0.467. The predicted molar refractivity (Wildman–Crippen MR) is 73.9 cm³/mol. The van der Waals surface area contributed by atoms with Crippen molar-refractivity contribution in [3.8, 4) is 5.75 Å². The van der Waals surface area contributed by atoms with Crippen molar-refractivity contribution >= 4 is 11.9 Å². The summed E-state index contributed by atoms with van der Waals surface area (Å²) < 4.78 is 5.45. The van der Waals surface area contributed by atoms with Gasteiger partial charge in [0.25, 0.3) is 5.91 Å². The van der Waals surface area contributed by atoms with Crippen LogP contribution < -0.4 is 4.74 Å². The molecule has 1 amide bonds. The molecule has 0 bridgehead atoms. The van der Waals surface area contributed by atoms with Gasteiger partial charge in [0.05, 0.1) is 12.2 Å². The highest BCUT2D eigenvalue weighted by Gasteiger charge is 2.33. The summed E-state index contributed by atoms with van der Waals surface area (Å²) in [5.41, 5.74) is 0.433. The lowest BCUT2D eigenvalue weighted by Crippen LogP contribution is -2.48. The number of carboxylic acids is 1. The van der Waals surface area contributed by atoms with Gasteiger partial charge in [0, 0.05) is 6.54 Å². The third-order valence-corrected chi connectivity index (χ3v) is 3.47. The zero-order valence-corrected chi connectivity index (χ0v) is 11.5. The number of carbonyl (C=O) groups is 2. The lowest BCUT2D eigenvalue weighted by atomic mass is 10.0. The summed E-state index contributed by atoms with van der Waals surface area (Å²) in [5, 5.41) is 9.25. The van der Waals surface area contributed by atoms with Gasteiger partial charge in [-0.3, -0.25) is 4.79 Å². The number of piperidine rings is 1. The summed E-state index contributed by atoms with van der Waals surface area (Å²) in [6, 6.07) is 6.24. The minimum absolute atomic E-state index is 0.263. The zero-order valence-electron chi connectivity index (χ0n) is 11.5. The molecule has 1 aromatic carbocycles. The number of carboxylic acid groups (broad SMARTS) is 1. The highest BCUT2D eigenvalue weighted by Crippen LogP contribution is 2.24. The van der Waals surface area contributed by atoms with Crippen molar-refractivity contribution in [2.75, 3.05) is 13.2 Å². The van der Waals surface area contributed by atoms with E-state index in [1.54, 1.807) is 24.3 Å². The van der Waals surface area contributed by atoms with E-state index in [0.717, 1.165) is 12.8 Å². The Kier molecular flexibility index (Phi) is 4.61. The third kappa shape index (κ3) is 2.92. The van der Waals surface area contributed by atoms with Crippen LogP contribution in [0.25, 0.3) is 0 Å². The van der Waals surface area contributed by atoms with Gasteiger partial charge >= 0.3 is 5.97 Å². The van der Waals surface area contributed by atoms with Gasteiger partial charge in [0.15, 0.2) is 0 Å². The number of ether oxygens (including phenoxy) is 1. The van der Waals surface area contributed by atoms with Gasteiger partial charge in [0.1, 0.15) is 11.8 Å². The van der Waals surface area contributed by atoms with Crippen molar-refractivity contribution in [2.45, 2.75) is 32.2 Å². The maximum Gasteiger partial charge on any atom is 0.326 e. The number of benzene rings is 1. The number of hydrogen-bond donors (Lipinski definition) is 1. The van der Waals surface area contributed by atoms with Crippen LogP contribution in [-0.2, 0) is 4.79 Å². The van der Waals surface area contributed by atoms with E-state index in [9.17, 15) is 14.7 Å². The monoisotopic (exact) mass is 277 g/mol. The second kappa shape index (κ2) is 6.41. The molecule has 1 aliphatic rings. The maximum absolute atomic E-state index is 12.6. The first kappa shape index (κ1) is 14.4. The molecule has 1 N–H and O–H groups in total. The Hall–Kier alpha value is -2.04. The number of hydrogen-bond acceptors (Lipinski definition) is 3. The SMILES string of the molecule is CCOc1ccccc1C(=O)N1CCCC[C@H]1C(=O)O. The highest BCUT2D eigenvalue weighted by atomic mass is 16.5. The van der Waals surface area contributed by atoms with Gasteiger partial charge in [0.2, 0.25) is 0 Å². The van der Waals surface area contributed by atoms with Crippen LogP contribution in [0.15, 0.2) is 24.3 Å². The number of para-hydroxylation sites is 1. The Morgan fingerprint density at radius 1 is 1.35 bits per heavy atom. The normalized spacial score (nSPS) is 18.6. The molecule has 5 nitrogen and oxygen atoms in total. The van der Waals surface area contributed by atoms with E-state index in [4.69, 9.17) is 4.74 Å². The first-order valence-electron chi connectivity index (χ1n) is 6.90. The van der Waals surface area contributed by atoms with Crippen LogP contribution in [0.5, 0.6) is 5.75 Å². The molecular weight excluding hydrogens is 258 g/mol. The van der Waals surface area contributed by atoms with Gasteiger partial charge in [-0.25, -0.2) is 4.79 Å². The molecule has 1 atom stereocenters. The lowest BCUT2D eigenvalue weighted by Gasteiger charge is -2.33. The van der Waals surface area contributed by atoms with Crippen molar-refractivity contribution < 1.29 is 19.4 Å². The fourth-order valence-corrected chi connectivity index (χ4v) is 2.51. The molecule has 20 heavy (non-hydrogen) atoms. The van der Waals surface area contributed by atoms with Crippen LogP contribution in [0, 0.1) is 0 Å². The van der Waals surface area contributed by atoms with E-state index < -0.39 is 12.0 Å². The molecule has 0 unspecified atom stereocenters. The Morgan fingerprint density at radius 2 is 2.10 bits per heavy atom. The van der Waals surface area contributed by atoms with Crippen LogP contribution in [0.3, 0.4) is 0 Å². The van der Waals surface area contributed by atoms with E-state index in [0.29, 0.717) is 30.9 Å². The van der Waals surface area contributed by atoms with Crippen molar-refractivity contribution in [2.24, 2.45) is 0 Å². The van der Waals surface area contributed by atoms with Gasteiger partial charge in [-0.1, -0.05) is 12.1 Å². The number of amides is 1. The largest absolute Gasteiger partial charge is 0.493 e. The highest BCUT2D eigenvalue weighted by molar-refractivity contribution is 5.99. The molecule has 5 heteroatoms. The van der Waals surface area contributed by atoms with Crippen LogP contribution in [0.4, 0.5) is 0 Å². The second-order valence-electron chi connectivity index (χ2n) is 4.78. The molecule has 1 aliphatic heterocycles. The molecule has 0 spiro atoms. The van der Waals surface area contributed by atoms with E-state index in [-0.39, 0.29) is 5.91 Å². The molecule has 1 heterocycles. The molecule has 0 radical (unpaired) electrons. The van der Waals surface area contributed by atoms with Crippen molar-refractivity contribution in [1.29, 1.82) is 0 Å². The van der Waals surface area contributed by atoms with Gasteiger partial charge in [-0.2, -0.15) is 0 Å². The molecule has 108 valence electrons. The smallest absolute Gasteiger partial charge is 0.326 e. The van der Waals surface area contributed by atoms with Crippen LogP contribution in [0.2, 0.25) is 0 Å². The first-order chi connectivity index (χ1) is 9.65. The molecule has 0 aliphatic carbocycles. The van der Waals surface area contributed by atoms with Crippen molar-refractivity contribution in [1.82, 2.24) is 4.90 Å². The average molecular weight is 277 g/mol. The summed E-state index contributed by atoms with van der Waals surface area (Å²) in [5.74, 6) is -0.692. The molecule has 1 aromatic rings. The summed E-state index contributed by atoms with van der Waals surface area (Å²) in [4.78, 5) is 25.3. The summed E-state index contributed by atoms with van der Waals surface area (Å²) >= 11 is 0. The topological polar surface area (TPSA) is 66.8 Å². The number of aliphatic carboxylic acids is 1. The molecule has 1 saturated heterocycles. The van der Waals surface area contributed by atoms with E-state index in [2.05, 4.69) is 0 Å². The van der Waals surface area contributed by atoms with E-state index in [1.807, 2.05) is 6.92 Å². The predicted octanol–water partition coefficient (Wildman–Crippen LogP) is 2.16. The number of likely N-dealkylation sites (tertiary alicyclic amines) is 1. The zero-order chi connectivity index (χ0) is 14.5. The number of carbonyl (C=O) groups excluding carboxylic acids is 1. The lowest BCUT2D eigenvalue weighted by molar-refractivity contribution is -0.143. The van der Waals surface area contributed by atoms with Gasteiger partial charge in [-0.15, -0.1) is 0 Å². The van der Waals surface area contributed by atoms with Crippen molar-refractivity contribution in [3.63, 3.8) is 0 Å². The Bertz CT molecular complexity index is 500. The minimum Gasteiger partial charge on any atom is -0.493 e. The molecule has 1 fully saturated rings. The van der Waals surface area contributed by atoms with Crippen LogP contribution >= 0.6 is 0 Å². The summed E-state index contributed by atoms with van der Waals surface area (Å²) in [7, 11) is 0. The van der Waals surface area contributed by atoms with Gasteiger partial charge < -0.3 is 14.7 Å². The van der Waals surface area contributed by atoms with Gasteiger partial charge in [-0.05, 0) is 38.3 Å². The maximum atomic E-state index is 12.6. The first-order valence-corrected chi connectivity index (χ1v) is 6.90. The Morgan fingerprint density at radius 3 is 2.80 bits per heavy atom. The third-order valence-electron chi connectivity index (χ3n) is 3.47. The van der Waals surface area contributed by atoms with Crippen molar-refractivity contribution in [3.05, 3.63) is 29.8 Å².